The number of carbonyl (C=O) groups is 2. The number of nitrogens with zero attached hydrogens (tertiary/aromatic N) is 1. The maximum Gasteiger partial charge on any atom is 0.309 e. The summed E-state index contributed by atoms with van der Waals surface area (Å²) in [5.41, 5.74) is 0. The number of amides is 1. The van der Waals surface area contributed by atoms with Crippen molar-refractivity contribution in [2.75, 3.05) is 13.1 Å². The molecule has 2 aliphatic rings. The van der Waals surface area contributed by atoms with Crippen molar-refractivity contribution in [3.05, 3.63) is 29.3 Å². The average molecular weight is 443 g/mol. The Bertz CT molecular complexity index is 829. The van der Waals surface area contributed by atoms with Crippen LogP contribution in [-0.4, -0.2) is 49.8 Å². The van der Waals surface area contributed by atoms with E-state index < -0.39 is 28.0 Å². The zero-order chi connectivity index (χ0) is 21.0. The maximum atomic E-state index is 12.7. The number of hydrogen-bond acceptors (Lipinski definition) is 5. The van der Waals surface area contributed by atoms with Gasteiger partial charge in [0.2, 0.25) is 10.0 Å². The molecule has 1 amide bonds. The van der Waals surface area contributed by atoms with E-state index in [0.29, 0.717) is 17.9 Å². The van der Waals surface area contributed by atoms with Gasteiger partial charge in [-0.25, -0.2) is 8.42 Å². The van der Waals surface area contributed by atoms with E-state index in [1.54, 1.807) is 6.92 Å². The molecule has 0 aromatic heterocycles. The number of sulfonamides is 1. The number of nitrogens with one attached hydrogen (secondary N) is 1. The van der Waals surface area contributed by atoms with E-state index in [1.807, 2.05) is 0 Å². The lowest BCUT2D eigenvalue weighted by atomic mass is 9.98. The number of benzene rings is 1. The Morgan fingerprint density at radius 1 is 1.10 bits per heavy atom. The van der Waals surface area contributed by atoms with Gasteiger partial charge in [0.1, 0.15) is 0 Å². The van der Waals surface area contributed by atoms with Gasteiger partial charge in [0, 0.05) is 24.2 Å². The largest absolute Gasteiger partial charge is 0.452 e. The zero-order valence-corrected chi connectivity index (χ0v) is 18.0. The third-order valence-electron chi connectivity index (χ3n) is 5.60. The molecule has 0 radical (unpaired) electrons. The van der Waals surface area contributed by atoms with Crippen LogP contribution in [-0.2, 0) is 24.3 Å². The van der Waals surface area contributed by atoms with Gasteiger partial charge in [-0.3, -0.25) is 9.59 Å². The molecule has 7 nitrogen and oxygen atoms in total. The van der Waals surface area contributed by atoms with Crippen molar-refractivity contribution < 1.29 is 22.7 Å². The van der Waals surface area contributed by atoms with Gasteiger partial charge in [-0.05, 0) is 56.9 Å². The molecule has 2 fully saturated rings. The van der Waals surface area contributed by atoms with Crippen LogP contribution >= 0.6 is 11.6 Å². The Kier molecular flexibility index (Phi) is 7.19. The molecular weight excluding hydrogens is 416 g/mol. The number of rotatable bonds is 6. The van der Waals surface area contributed by atoms with E-state index in [4.69, 9.17) is 16.3 Å². The Morgan fingerprint density at radius 3 is 2.28 bits per heavy atom. The fourth-order valence-corrected chi connectivity index (χ4v) is 5.40. The second kappa shape index (κ2) is 9.45. The summed E-state index contributed by atoms with van der Waals surface area (Å²) in [5.74, 6) is -1.12. The van der Waals surface area contributed by atoms with Crippen LogP contribution in [0.15, 0.2) is 29.2 Å². The quantitative estimate of drug-likeness (QED) is 0.684. The van der Waals surface area contributed by atoms with Gasteiger partial charge in [-0.2, -0.15) is 4.31 Å². The highest BCUT2D eigenvalue weighted by atomic mass is 35.5. The van der Waals surface area contributed by atoms with Gasteiger partial charge in [-0.1, -0.05) is 24.4 Å². The predicted molar refractivity (Wildman–Crippen MR) is 109 cm³/mol. The molecule has 1 atom stereocenters. The van der Waals surface area contributed by atoms with Crippen molar-refractivity contribution in [3.8, 4) is 0 Å². The Hall–Kier alpha value is -1.64. The minimum absolute atomic E-state index is 0.171. The number of piperidine rings is 1. The monoisotopic (exact) mass is 442 g/mol. The van der Waals surface area contributed by atoms with Crippen LogP contribution in [0.25, 0.3) is 0 Å². The first kappa shape index (κ1) is 22.1. The van der Waals surface area contributed by atoms with E-state index in [-0.39, 0.29) is 29.9 Å². The third-order valence-corrected chi connectivity index (χ3v) is 7.77. The van der Waals surface area contributed by atoms with Crippen molar-refractivity contribution in [2.45, 2.75) is 62.5 Å². The summed E-state index contributed by atoms with van der Waals surface area (Å²) in [7, 11) is -3.62. The summed E-state index contributed by atoms with van der Waals surface area (Å²) >= 11 is 5.82. The number of esters is 1. The maximum absolute atomic E-state index is 12.7. The molecule has 1 aromatic rings. The Morgan fingerprint density at radius 2 is 1.69 bits per heavy atom. The normalized spacial score (nSPS) is 20.3. The SMILES string of the molecule is C[C@@H](OC(=O)C1CCN(S(=O)(=O)c2ccc(Cl)cc2)CC1)C(=O)NC1CCCC1. The summed E-state index contributed by atoms with van der Waals surface area (Å²) in [4.78, 5) is 24.8. The lowest BCUT2D eigenvalue weighted by Crippen LogP contribution is -2.43. The first-order valence-electron chi connectivity index (χ1n) is 10.0. The van der Waals surface area contributed by atoms with Crippen LogP contribution in [0.5, 0.6) is 0 Å². The van der Waals surface area contributed by atoms with E-state index in [1.165, 1.54) is 28.6 Å². The fourth-order valence-electron chi connectivity index (χ4n) is 3.80. The van der Waals surface area contributed by atoms with Crippen molar-refractivity contribution >= 4 is 33.5 Å². The Balaban J connectivity index is 1.49. The minimum atomic E-state index is -3.62. The highest BCUT2D eigenvalue weighted by molar-refractivity contribution is 7.89. The van der Waals surface area contributed by atoms with Gasteiger partial charge in [0.15, 0.2) is 6.10 Å². The standard InChI is InChI=1S/C20H27ClN2O5S/c1-14(19(24)22-17-4-2-3-5-17)28-20(25)15-10-12-23(13-11-15)29(26,27)18-8-6-16(21)7-9-18/h6-9,14-15,17H,2-5,10-13H2,1H3,(H,22,24)/t14-/m1/s1. The molecule has 160 valence electrons. The van der Waals surface area contributed by atoms with Gasteiger partial charge in [0.05, 0.1) is 10.8 Å². The summed E-state index contributed by atoms with van der Waals surface area (Å²) < 4.78 is 32.2. The summed E-state index contributed by atoms with van der Waals surface area (Å²) in [6.45, 7) is 2.03. The van der Waals surface area contributed by atoms with E-state index >= 15 is 0 Å². The molecule has 1 aromatic carbocycles. The third kappa shape index (κ3) is 5.49. The van der Waals surface area contributed by atoms with Crippen molar-refractivity contribution in [1.82, 2.24) is 9.62 Å². The lowest BCUT2D eigenvalue weighted by molar-refractivity contribution is -0.160. The molecule has 1 saturated heterocycles. The van der Waals surface area contributed by atoms with Crippen LogP contribution in [0.3, 0.4) is 0 Å². The molecular formula is C20H27ClN2O5S. The number of hydrogen-bond donors (Lipinski definition) is 1. The van der Waals surface area contributed by atoms with E-state index in [0.717, 1.165) is 25.7 Å². The number of ether oxygens (including phenoxy) is 1. The lowest BCUT2D eigenvalue weighted by Gasteiger charge is -2.30. The first-order chi connectivity index (χ1) is 13.8. The molecule has 9 heteroatoms. The Labute approximate surface area is 176 Å². The molecule has 1 N–H and O–H groups in total. The fraction of sp³-hybridized carbons (Fsp3) is 0.600. The summed E-state index contributed by atoms with van der Waals surface area (Å²) in [6.07, 6.45) is 4.03. The van der Waals surface area contributed by atoms with Gasteiger partial charge in [0.25, 0.3) is 5.91 Å². The van der Waals surface area contributed by atoms with Gasteiger partial charge >= 0.3 is 5.97 Å². The highest BCUT2D eigenvalue weighted by Gasteiger charge is 2.34. The minimum Gasteiger partial charge on any atom is -0.452 e. The highest BCUT2D eigenvalue weighted by Crippen LogP contribution is 2.26. The first-order valence-corrected chi connectivity index (χ1v) is 11.9. The van der Waals surface area contributed by atoms with E-state index in [9.17, 15) is 18.0 Å². The molecule has 1 saturated carbocycles. The second-order valence-corrected chi connectivity index (χ2v) is 10.1. The van der Waals surface area contributed by atoms with Crippen LogP contribution < -0.4 is 5.32 Å². The van der Waals surface area contributed by atoms with Gasteiger partial charge in [-0.15, -0.1) is 0 Å². The molecule has 1 aliphatic carbocycles. The number of carbonyl (C=O) groups excluding carboxylic acids is 2. The van der Waals surface area contributed by atoms with Crippen LogP contribution in [0.1, 0.15) is 45.4 Å². The number of halogens is 1. The van der Waals surface area contributed by atoms with Crippen molar-refractivity contribution in [2.24, 2.45) is 5.92 Å². The van der Waals surface area contributed by atoms with Crippen molar-refractivity contribution in [1.29, 1.82) is 0 Å². The molecule has 0 spiro atoms. The van der Waals surface area contributed by atoms with Crippen LogP contribution in [0.4, 0.5) is 0 Å². The van der Waals surface area contributed by atoms with Crippen LogP contribution in [0, 0.1) is 5.92 Å². The molecule has 29 heavy (non-hydrogen) atoms. The zero-order valence-electron chi connectivity index (χ0n) is 16.5. The smallest absolute Gasteiger partial charge is 0.309 e. The van der Waals surface area contributed by atoms with E-state index in [2.05, 4.69) is 5.32 Å². The second-order valence-electron chi connectivity index (χ2n) is 7.70. The summed E-state index contributed by atoms with van der Waals surface area (Å²) in [6, 6.07) is 6.20. The van der Waals surface area contributed by atoms with Gasteiger partial charge < -0.3 is 10.1 Å². The average Bonchev–Trinajstić information content (AvgIpc) is 3.21. The molecule has 0 unspecified atom stereocenters. The predicted octanol–water partition coefficient (Wildman–Crippen LogP) is 2.73. The van der Waals surface area contributed by atoms with Crippen molar-refractivity contribution in [3.63, 3.8) is 0 Å². The van der Waals surface area contributed by atoms with Crippen LogP contribution in [0.2, 0.25) is 5.02 Å². The molecule has 1 aliphatic heterocycles. The molecule has 1 heterocycles. The molecule has 0 bridgehead atoms. The topological polar surface area (TPSA) is 92.8 Å². The molecule has 3 rings (SSSR count). The summed E-state index contributed by atoms with van der Waals surface area (Å²) in [5, 5.41) is 3.39.